The van der Waals surface area contributed by atoms with Crippen LogP contribution in [0.5, 0.6) is 0 Å². The SMILES string of the molecule is CCC(CCO)NC(=O)C(=O)Nc1ccccc1CCC(F)(F)F. The molecule has 0 saturated heterocycles. The molecule has 2 amide bonds. The van der Waals surface area contributed by atoms with Crippen LogP contribution >= 0.6 is 0 Å². The number of carbonyl (C=O) groups is 2. The van der Waals surface area contributed by atoms with Crippen LogP contribution < -0.4 is 10.6 Å². The van der Waals surface area contributed by atoms with E-state index >= 15 is 0 Å². The smallest absolute Gasteiger partial charge is 0.389 e. The number of aryl methyl sites for hydroxylation is 1. The Morgan fingerprint density at radius 3 is 2.46 bits per heavy atom. The standard InChI is InChI=1S/C16H21F3N2O3/c1-2-12(8-10-22)20-14(23)15(24)21-13-6-4-3-5-11(13)7-9-16(17,18)19/h3-6,12,22H,2,7-10H2,1H3,(H,20,23)(H,21,24). The molecule has 0 saturated carbocycles. The van der Waals surface area contributed by atoms with E-state index in [0.29, 0.717) is 18.4 Å². The molecule has 5 nitrogen and oxygen atoms in total. The van der Waals surface area contributed by atoms with Crippen molar-refractivity contribution >= 4 is 17.5 Å². The summed E-state index contributed by atoms with van der Waals surface area (Å²) in [5, 5.41) is 13.7. The normalized spacial score (nSPS) is 12.5. The largest absolute Gasteiger partial charge is 0.396 e. The monoisotopic (exact) mass is 346 g/mol. The average molecular weight is 346 g/mol. The van der Waals surface area contributed by atoms with Crippen molar-refractivity contribution in [3.8, 4) is 0 Å². The summed E-state index contributed by atoms with van der Waals surface area (Å²) >= 11 is 0. The highest BCUT2D eigenvalue weighted by atomic mass is 19.4. The molecular weight excluding hydrogens is 325 g/mol. The third kappa shape index (κ3) is 6.99. The molecule has 0 radical (unpaired) electrons. The molecule has 1 aromatic carbocycles. The van der Waals surface area contributed by atoms with Crippen LogP contribution in [0.1, 0.15) is 31.7 Å². The van der Waals surface area contributed by atoms with E-state index < -0.39 is 24.4 Å². The third-order valence-electron chi connectivity index (χ3n) is 3.46. The second-order valence-corrected chi connectivity index (χ2v) is 5.32. The van der Waals surface area contributed by atoms with Gasteiger partial charge in [0.15, 0.2) is 0 Å². The fourth-order valence-electron chi connectivity index (χ4n) is 2.10. The van der Waals surface area contributed by atoms with Gasteiger partial charge >= 0.3 is 18.0 Å². The summed E-state index contributed by atoms with van der Waals surface area (Å²) < 4.78 is 37.0. The number of alkyl halides is 3. The molecule has 0 bridgehead atoms. The zero-order chi connectivity index (χ0) is 18.2. The number of nitrogens with one attached hydrogen (secondary N) is 2. The third-order valence-corrected chi connectivity index (χ3v) is 3.46. The summed E-state index contributed by atoms with van der Waals surface area (Å²) in [4.78, 5) is 23.7. The van der Waals surface area contributed by atoms with Gasteiger partial charge in [0.05, 0.1) is 0 Å². The molecule has 3 N–H and O–H groups in total. The number of para-hydroxylation sites is 1. The molecule has 0 aliphatic rings. The summed E-state index contributed by atoms with van der Waals surface area (Å²) in [6.07, 6.45) is -4.74. The lowest BCUT2D eigenvalue weighted by atomic mass is 10.1. The molecule has 0 heterocycles. The summed E-state index contributed by atoms with van der Waals surface area (Å²) in [5.41, 5.74) is 0.482. The second kappa shape index (κ2) is 9.27. The highest BCUT2D eigenvalue weighted by Gasteiger charge is 2.27. The van der Waals surface area contributed by atoms with Crippen LogP contribution in [0.15, 0.2) is 24.3 Å². The van der Waals surface area contributed by atoms with Gasteiger partial charge in [-0.15, -0.1) is 0 Å². The van der Waals surface area contributed by atoms with Crippen molar-refractivity contribution in [1.29, 1.82) is 0 Å². The zero-order valence-corrected chi connectivity index (χ0v) is 13.3. The molecular formula is C16H21F3N2O3. The quantitative estimate of drug-likeness (QED) is 0.664. The Balaban J connectivity index is 2.71. The fourth-order valence-corrected chi connectivity index (χ4v) is 2.10. The van der Waals surface area contributed by atoms with Crippen molar-refractivity contribution in [2.75, 3.05) is 11.9 Å². The molecule has 1 atom stereocenters. The van der Waals surface area contributed by atoms with Gasteiger partial charge in [-0.3, -0.25) is 9.59 Å². The average Bonchev–Trinajstić information content (AvgIpc) is 2.52. The van der Waals surface area contributed by atoms with Gasteiger partial charge in [0.2, 0.25) is 0 Å². The molecule has 0 aromatic heterocycles. The zero-order valence-electron chi connectivity index (χ0n) is 13.3. The van der Waals surface area contributed by atoms with Gasteiger partial charge in [-0.1, -0.05) is 25.1 Å². The first kappa shape index (κ1) is 20.0. The van der Waals surface area contributed by atoms with E-state index in [1.807, 2.05) is 0 Å². The predicted octanol–water partition coefficient (Wildman–Crippen LogP) is 2.40. The Bertz CT molecular complexity index is 562. The molecule has 1 rings (SSSR count). The van der Waals surface area contributed by atoms with Crippen molar-refractivity contribution in [3.05, 3.63) is 29.8 Å². The minimum Gasteiger partial charge on any atom is -0.396 e. The Hall–Kier alpha value is -2.09. The number of benzene rings is 1. The van der Waals surface area contributed by atoms with Gasteiger partial charge in [-0.05, 0) is 30.9 Å². The summed E-state index contributed by atoms with van der Waals surface area (Å²) in [6.45, 7) is 1.67. The first-order chi connectivity index (χ1) is 11.3. The number of anilines is 1. The van der Waals surface area contributed by atoms with Crippen LogP contribution in [-0.4, -0.2) is 35.7 Å². The Morgan fingerprint density at radius 2 is 1.88 bits per heavy atom. The molecule has 0 aliphatic carbocycles. The van der Waals surface area contributed by atoms with E-state index in [1.165, 1.54) is 12.1 Å². The van der Waals surface area contributed by atoms with Crippen molar-refractivity contribution in [1.82, 2.24) is 5.32 Å². The minimum absolute atomic E-state index is 0.124. The maximum Gasteiger partial charge on any atom is 0.389 e. The van der Waals surface area contributed by atoms with Crippen LogP contribution in [0.3, 0.4) is 0 Å². The number of aliphatic hydroxyl groups excluding tert-OH is 1. The minimum atomic E-state index is -4.30. The van der Waals surface area contributed by atoms with Crippen LogP contribution in [0.4, 0.5) is 18.9 Å². The first-order valence-corrected chi connectivity index (χ1v) is 7.64. The van der Waals surface area contributed by atoms with Crippen LogP contribution in [0.2, 0.25) is 0 Å². The van der Waals surface area contributed by atoms with E-state index in [2.05, 4.69) is 10.6 Å². The summed E-state index contributed by atoms with van der Waals surface area (Å²) in [6, 6.07) is 5.71. The lowest BCUT2D eigenvalue weighted by Gasteiger charge is -2.16. The topological polar surface area (TPSA) is 78.4 Å². The Labute approximate surface area is 138 Å². The number of aliphatic hydroxyl groups is 1. The summed E-state index contributed by atoms with van der Waals surface area (Å²) in [7, 11) is 0. The number of carbonyl (C=O) groups excluding carboxylic acids is 2. The van der Waals surface area contributed by atoms with Crippen molar-refractivity contribution in [2.24, 2.45) is 0 Å². The van der Waals surface area contributed by atoms with Crippen LogP contribution in [-0.2, 0) is 16.0 Å². The molecule has 1 aromatic rings. The fraction of sp³-hybridized carbons (Fsp3) is 0.500. The van der Waals surface area contributed by atoms with Crippen LogP contribution in [0.25, 0.3) is 0 Å². The van der Waals surface area contributed by atoms with E-state index in [9.17, 15) is 22.8 Å². The second-order valence-electron chi connectivity index (χ2n) is 5.32. The highest BCUT2D eigenvalue weighted by molar-refractivity contribution is 6.39. The number of hydrogen-bond acceptors (Lipinski definition) is 3. The van der Waals surface area contributed by atoms with Gasteiger partial charge < -0.3 is 15.7 Å². The number of rotatable bonds is 7. The maximum atomic E-state index is 12.3. The first-order valence-electron chi connectivity index (χ1n) is 7.64. The number of amides is 2. The van der Waals surface area contributed by atoms with Crippen molar-refractivity contribution in [3.63, 3.8) is 0 Å². The molecule has 0 aliphatic heterocycles. The van der Waals surface area contributed by atoms with Gasteiger partial charge in [-0.2, -0.15) is 13.2 Å². The lowest BCUT2D eigenvalue weighted by Crippen LogP contribution is -2.42. The highest BCUT2D eigenvalue weighted by Crippen LogP contribution is 2.25. The Kier molecular flexibility index (Phi) is 7.70. The molecule has 0 spiro atoms. The van der Waals surface area contributed by atoms with E-state index in [4.69, 9.17) is 5.11 Å². The number of halogens is 3. The molecule has 134 valence electrons. The Morgan fingerprint density at radius 1 is 1.21 bits per heavy atom. The molecule has 1 unspecified atom stereocenters. The van der Waals surface area contributed by atoms with Gasteiger partial charge in [-0.25, -0.2) is 0 Å². The van der Waals surface area contributed by atoms with E-state index in [1.54, 1.807) is 19.1 Å². The van der Waals surface area contributed by atoms with Gasteiger partial charge in [0.25, 0.3) is 0 Å². The van der Waals surface area contributed by atoms with Gasteiger partial charge in [0.1, 0.15) is 0 Å². The number of hydrogen-bond donors (Lipinski definition) is 3. The van der Waals surface area contributed by atoms with Gasteiger partial charge in [0, 0.05) is 24.8 Å². The molecule has 0 fully saturated rings. The maximum absolute atomic E-state index is 12.3. The molecule has 8 heteroatoms. The van der Waals surface area contributed by atoms with Crippen LogP contribution in [0, 0.1) is 0 Å². The predicted molar refractivity (Wildman–Crippen MR) is 83.4 cm³/mol. The molecule has 24 heavy (non-hydrogen) atoms. The van der Waals surface area contributed by atoms with Crippen molar-refractivity contribution < 1.29 is 27.9 Å². The van der Waals surface area contributed by atoms with Crippen molar-refractivity contribution in [2.45, 2.75) is 44.8 Å². The summed E-state index contributed by atoms with van der Waals surface area (Å²) in [5.74, 6) is -1.84. The van der Waals surface area contributed by atoms with E-state index in [0.717, 1.165) is 0 Å². The van der Waals surface area contributed by atoms with E-state index in [-0.39, 0.29) is 24.8 Å². The lowest BCUT2D eigenvalue weighted by molar-refractivity contribution is -0.136.